The molecule has 35 heavy (non-hydrogen) atoms. The molecular weight excluding hydrogens is 452 g/mol. The van der Waals surface area contributed by atoms with Gasteiger partial charge < -0.3 is 19.9 Å². The van der Waals surface area contributed by atoms with Gasteiger partial charge >= 0.3 is 0 Å². The van der Waals surface area contributed by atoms with Gasteiger partial charge in [-0.25, -0.2) is 0 Å². The van der Waals surface area contributed by atoms with Crippen molar-refractivity contribution in [3.8, 4) is 0 Å². The van der Waals surface area contributed by atoms with Crippen molar-refractivity contribution >= 4 is 41.2 Å². The Hall–Kier alpha value is -4.16. The second-order valence-electron chi connectivity index (χ2n) is 9.34. The van der Waals surface area contributed by atoms with Crippen molar-refractivity contribution in [1.29, 1.82) is 0 Å². The van der Waals surface area contributed by atoms with Gasteiger partial charge in [-0.2, -0.15) is 0 Å². The van der Waals surface area contributed by atoms with Crippen LogP contribution < -0.4 is 21.4 Å². The summed E-state index contributed by atoms with van der Waals surface area (Å²) in [6.07, 6.45) is 8.51. The van der Waals surface area contributed by atoms with Crippen LogP contribution in [0.5, 0.6) is 0 Å². The second kappa shape index (κ2) is 6.93. The first-order valence-corrected chi connectivity index (χ1v) is 12.6. The molecule has 0 spiro atoms. The van der Waals surface area contributed by atoms with Crippen molar-refractivity contribution in [2.24, 2.45) is 0 Å². The Morgan fingerprint density at radius 3 is 1.80 bits per heavy atom. The summed E-state index contributed by atoms with van der Waals surface area (Å²) in [5, 5.41) is 4.34. The molecule has 4 aromatic heterocycles. The fraction of sp³-hybridized carbons (Fsp3) is 0.0690. The number of carbonyl (C=O) groups is 1. The molecule has 0 saturated carbocycles. The van der Waals surface area contributed by atoms with Crippen LogP contribution in [0.15, 0.2) is 60.7 Å². The SMILES string of the molecule is O=C1SC2c3ccccc3[C@H]1c1c2c2[nH]c1=Cc1ccc([nH]1)C=c1ccc([nH]1)=Cc1ccc([nH]1)C=2. The van der Waals surface area contributed by atoms with Crippen LogP contribution in [0.25, 0.3) is 24.3 Å². The van der Waals surface area contributed by atoms with Crippen molar-refractivity contribution in [2.45, 2.75) is 11.2 Å². The number of carbonyl (C=O) groups excluding carboxylic acids is 1. The van der Waals surface area contributed by atoms with Crippen LogP contribution >= 0.6 is 11.8 Å². The monoisotopic (exact) mass is 472 g/mol. The summed E-state index contributed by atoms with van der Waals surface area (Å²) in [6, 6.07) is 20.9. The van der Waals surface area contributed by atoms with Gasteiger partial charge in [-0.15, -0.1) is 0 Å². The third kappa shape index (κ3) is 2.87. The first kappa shape index (κ1) is 19.2. The fourth-order valence-electron chi connectivity index (χ4n) is 5.71. The molecule has 7 heterocycles. The number of aromatic nitrogens is 4. The number of hydrogen-bond acceptors (Lipinski definition) is 2. The van der Waals surface area contributed by atoms with Crippen LogP contribution in [0.4, 0.5) is 0 Å². The fourth-order valence-corrected chi connectivity index (χ4v) is 7.03. The van der Waals surface area contributed by atoms with Crippen LogP contribution in [0.1, 0.15) is 56.2 Å². The molecule has 1 aromatic carbocycles. The molecule has 0 amide bonds. The van der Waals surface area contributed by atoms with Crippen LogP contribution in [0.3, 0.4) is 0 Å². The Balaban J connectivity index is 1.46. The van der Waals surface area contributed by atoms with Crippen molar-refractivity contribution in [3.63, 3.8) is 0 Å². The molecule has 4 N–H and O–H groups in total. The average Bonchev–Trinajstić information content (AvgIpc) is 3.65. The molecule has 0 radical (unpaired) electrons. The standard InChI is InChI=1S/C29H20N4OS/c34-29-25-21-3-1-2-4-22(21)28(35-29)27-24-14-20-10-8-18(32-20)12-16-6-5-15(30-16)11-17-7-9-19(31-17)13-23(33-24)26(25)27/h1-14,25,28,30-33H/t25-,28?/m0/s1. The molecule has 5 nitrogen and oxygen atoms in total. The van der Waals surface area contributed by atoms with Crippen LogP contribution in [0, 0.1) is 0 Å². The summed E-state index contributed by atoms with van der Waals surface area (Å²) in [5.41, 5.74) is 8.78. The molecule has 4 aliphatic rings. The summed E-state index contributed by atoms with van der Waals surface area (Å²) >= 11 is 1.46. The molecule has 1 unspecified atom stereocenters. The lowest BCUT2D eigenvalue weighted by atomic mass is 9.78. The number of benzene rings is 1. The minimum Gasteiger partial charge on any atom is -0.355 e. The molecular formula is C29H20N4OS. The number of nitrogens with one attached hydrogen (secondary N) is 4. The zero-order chi connectivity index (χ0) is 23.1. The van der Waals surface area contributed by atoms with Gasteiger partial charge in [-0.3, -0.25) is 4.79 Å². The molecule has 6 heteroatoms. The number of thioether (sulfide) groups is 1. The summed E-state index contributed by atoms with van der Waals surface area (Å²) in [6.45, 7) is 0. The van der Waals surface area contributed by atoms with E-state index in [0.29, 0.717) is 0 Å². The van der Waals surface area contributed by atoms with E-state index < -0.39 is 0 Å². The number of hydrogen-bond donors (Lipinski definition) is 4. The average molecular weight is 473 g/mol. The van der Waals surface area contributed by atoms with Gasteiger partial charge in [0.25, 0.3) is 0 Å². The Labute approximate surface area is 204 Å². The Morgan fingerprint density at radius 1 is 0.571 bits per heavy atom. The highest BCUT2D eigenvalue weighted by atomic mass is 32.2. The number of rotatable bonds is 0. The molecule has 168 valence electrons. The first-order valence-electron chi connectivity index (χ1n) is 11.7. The third-order valence-electron chi connectivity index (χ3n) is 7.16. The smallest absolute Gasteiger partial charge is 0.201 e. The zero-order valence-electron chi connectivity index (χ0n) is 18.6. The highest BCUT2D eigenvalue weighted by molar-refractivity contribution is 8.14. The first-order chi connectivity index (χ1) is 17.2. The quantitative estimate of drug-likeness (QED) is 0.274. The van der Waals surface area contributed by atoms with E-state index in [4.69, 9.17) is 0 Å². The van der Waals surface area contributed by atoms with Gasteiger partial charge in [0.05, 0.1) is 11.2 Å². The lowest BCUT2D eigenvalue weighted by Crippen LogP contribution is -2.32. The third-order valence-corrected chi connectivity index (χ3v) is 8.36. The molecule has 2 atom stereocenters. The predicted molar refractivity (Wildman–Crippen MR) is 139 cm³/mol. The molecule has 10 bridgehead atoms. The van der Waals surface area contributed by atoms with E-state index in [9.17, 15) is 4.79 Å². The second-order valence-corrected chi connectivity index (χ2v) is 10.5. The topological polar surface area (TPSA) is 80.2 Å². The van der Waals surface area contributed by atoms with Gasteiger partial charge in [0, 0.05) is 44.2 Å². The van der Waals surface area contributed by atoms with E-state index >= 15 is 0 Å². The van der Waals surface area contributed by atoms with E-state index in [1.807, 2.05) is 6.07 Å². The zero-order valence-corrected chi connectivity index (χ0v) is 19.4. The number of aromatic amines is 4. The Morgan fingerprint density at radius 2 is 1.14 bits per heavy atom. The van der Waals surface area contributed by atoms with Crippen molar-refractivity contribution < 1.29 is 4.79 Å². The van der Waals surface area contributed by atoms with E-state index in [-0.39, 0.29) is 16.3 Å². The van der Waals surface area contributed by atoms with Gasteiger partial charge in [-0.05, 0) is 83.0 Å². The van der Waals surface area contributed by atoms with E-state index in [1.54, 1.807) is 0 Å². The molecule has 0 saturated heterocycles. The summed E-state index contributed by atoms with van der Waals surface area (Å²) < 4.78 is 0. The van der Waals surface area contributed by atoms with Crippen molar-refractivity contribution in [2.75, 3.05) is 0 Å². The lowest BCUT2D eigenvalue weighted by molar-refractivity contribution is -0.111. The van der Waals surface area contributed by atoms with Gasteiger partial charge in [0.2, 0.25) is 5.12 Å². The maximum atomic E-state index is 13.2. The Kier molecular flexibility index (Phi) is 3.80. The summed E-state index contributed by atoms with van der Waals surface area (Å²) in [7, 11) is 0. The maximum absolute atomic E-state index is 13.2. The predicted octanol–water partition coefficient (Wildman–Crippen LogP) is 2.44. The van der Waals surface area contributed by atoms with E-state index in [0.717, 1.165) is 55.3 Å². The minimum atomic E-state index is -0.256. The molecule has 5 aromatic rings. The summed E-state index contributed by atoms with van der Waals surface area (Å²) in [4.78, 5) is 27.4. The Bertz CT molecular complexity index is 1930. The van der Waals surface area contributed by atoms with Gasteiger partial charge in [-0.1, -0.05) is 36.0 Å². The highest BCUT2D eigenvalue weighted by Crippen LogP contribution is 2.54. The summed E-state index contributed by atoms with van der Waals surface area (Å²) in [5.74, 6) is -0.256. The number of H-pyrrole nitrogens is 4. The maximum Gasteiger partial charge on any atom is 0.201 e. The van der Waals surface area contributed by atoms with Crippen LogP contribution in [-0.4, -0.2) is 25.1 Å². The van der Waals surface area contributed by atoms with Crippen LogP contribution in [0.2, 0.25) is 0 Å². The normalized spacial score (nSPS) is 19.1. The van der Waals surface area contributed by atoms with E-state index in [2.05, 4.69) is 98.8 Å². The largest absolute Gasteiger partial charge is 0.355 e. The molecule has 9 rings (SSSR count). The highest BCUT2D eigenvalue weighted by Gasteiger charge is 2.45. The number of fused-ring (bicyclic) bond motifs is 9. The van der Waals surface area contributed by atoms with Gasteiger partial charge in [0.1, 0.15) is 0 Å². The molecule has 1 aliphatic carbocycles. The van der Waals surface area contributed by atoms with Gasteiger partial charge in [0.15, 0.2) is 0 Å². The minimum absolute atomic E-state index is 0.00371. The van der Waals surface area contributed by atoms with Crippen LogP contribution in [-0.2, 0) is 4.79 Å². The molecule has 0 fully saturated rings. The van der Waals surface area contributed by atoms with Crippen molar-refractivity contribution in [1.82, 2.24) is 19.9 Å². The van der Waals surface area contributed by atoms with E-state index in [1.165, 1.54) is 22.9 Å². The van der Waals surface area contributed by atoms with Crippen molar-refractivity contribution in [3.05, 3.63) is 127 Å². The molecule has 3 aliphatic heterocycles. The lowest BCUT2D eigenvalue weighted by Gasteiger charge is -2.36.